The summed E-state index contributed by atoms with van der Waals surface area (Å²) in [6.45, 7) is 0. The average Bonchev–Trinajstić information content (AvgIpc) is 2.17. The maximum atomic E-state index is 2.33. The van der Waals surface area contributed by atoms with E-state index >= 15 is 0 Å². The highest BCUT2D eigenvalue weighted by Crippen LogP contribution is 2.44. The summed E-state index contributed by atoms with van der Waals surface area (Å²) < 4.78 is 0. The van der Waals surface area contributed by atoms with Gasteiger partial charge < -0.3 is 0 Å². The SMILES string of the molecule is [CH]1C=CC2[CH]C12. The Balaban J connectivity index is 2.26. The summed E-state index contributed by atoms with van der Waals surface area (Å²) in [5.74, 6) is 1.70. The molecule has 2 unspecified atom stereocenters. The van der Waals surface area contributed by atoms with Crippen molar-refractivity contribution in [2.24, 2.45) is 11.8 Å². The van der Waals surface area contributed by atoms with E-state index in [0.29, 0.717) is 0 Å². The molecule has 0 heteroatoms. The molecule has 0 aliphatic heterocycles. The van der Waals surface area contributed by atoms with Crippen molar-refractivity contribution in [3.05, 3.63) is 25.0 Å². The smallest absolute Gasteiger partial charge is 0.0130 e. The second kappa shape index (κ2) is 0.699. The summed E-state index contributed by atoms with van der Waals surface area (Å²) in [6.07, 6.45) is 8.96. The zero-order valence-corrected chi connectivity index (χ0v) is 3.46. The molecule has 0 bridgehead atoms. The van der Waals surface area contributed by atoms with Gasteiger partial charge in [0.05, 0.1) is 0 Å². The van der Waals surface area contributed by atoms with Crippen LogP contribution in [0.3, 0.4) is 0 Å². The Morgan fingerprint density at radius 2 is 2.17 bits per heavy atom. The normalized spacial score (nSPS) is 49.3. The molecule has 0 spiro atoms. The molecule has 2 rings (SSSR count). The van der Waals surface area contributed by atoms with Crippen molar-refractivity contribution in [1.29, 1.82) is 0 Å². The zero-order chi connectivity index (χ0) is 3.98. The third-order valence-corrected chi connectivity index (χ3v) is 1.41. The minimum Gasteiger partial charge on any atom is -0.0845 e. The third kappa shape index (κ3) is 0.204. The molecule has 30 valence electrons. The summed E-state index contributed by atoms with van der Waals surface area (Å²) in [4.78, 5) is 0. The molecule has 0 amide bonds. The predicted molar refractivity (Wildman–Crippen MR) is 24.7 cm³/mol. The van der Waals surface area contributed by atoms with E-state index in [2.05, 4.69) is 25.0 Å². The summed E-state index contributed by atoms with van der Waals surface area (Å²) in [5.41, 5.74) is 0. The van der Waals surface area contributed by atoms with E-state index in [-0.39, 0.29) is 0 Å². The molecular weight excluding hydrogens is 72.1 g/mol. The van der Waals surface area contributed by atoms with Crippen LogP contribution in [0, 0.1) is 24.7 Å². The molecular formula is C6H6. The molecule has 0 saturated heterocycles. The van der Waals surface area contributed by atoms with Crippen LogP contribution in [0.5, 0.6) is 0 Å². The molecule has 2 radical (unpaired) electrons. The minimum absolute atomic E-state index is 0.852. The van der Waals surface area contributed by atoms with Crippen LogP contribution < -0.4 is 0 Å². The Kier molecular flexibility index (Phi) is 0.331. The van der Waals surface area contributed by atoms with E-state index in [1.165, 1.54) is 0 Å². The zero-order valence-electron chi connectivity index (χ0n) is 3.46. The fourth-order valence-corrected chi connectivity index (χ4v) is 0.898. The lowest BCUT2D eigenvalue weighted by Gasteiger charge is -1.70. The highest BCUT2D eigenvalue weighted by atomic mass is 14.4. The van der Waals surface area contributed by atoms with Gasteiger partial charge in [-0.2, -0.15) is 0 Å². The lowest BCUT2D eigenvalue weighted by atomic mass is 10.3. The van der Waals surface area contributed by atoms with Crippen molar-refractivity contribution in [1.82, 2.24) is 0 Å². The van der Waals surface area contributed by atoms with Crippen molar-refractivity contribution in [3.63, 3.8) is 0 Å². The first-order valence-corrected chi connectivity index (χ1v) is 2.33. The van der Waals surface area contributed by atoms with Gasteiger partial charge in [0, 0.05) is 0 Å². The molecule has 2 aliphatic carbocycles. The van der Waals surface area contributed by atoms with Gasteiger partial charge in [-0.05, 0) is 24.7 Å². The Hall–Kier alpha value is -0.260. The number of allylic oxidation sites excluding steroid dienone is 2. The minimum atomic E-state index is 0.852. The van der Waals surface area contributed by atoms with Crippen molar-refractivity contribution < 1.29 is 0 Å². The van der Waals surface area contributed by atoms with E-state index in [4.69, 9.17) is 0 Å². The average molecular weight is 78.1 g/mol. The molecule has 1 saturated carbocycles. The highest BCUT2D eigenvalue weighted by molar-refractivity contribution is 5.31. The fraction of sp³-hybridized carbons (Fsp3) is 0.333. The van der Waals surface area contributed by atoms with Gasteiger partial charge in [-0.15, -0.1) is 0 Å². The van der Waals surface area contributed by atoms with Crippen molar-refractivity contribution in [2.45, 2.75) is 0 Å². The first-order chi connectivity index (χ1) is 2.97. The maximum absolute atomic E-state index is 2.33. The van der Waals surface area contributed by atoms with Crippen LogP contribution in [-0.4, -0.2) is 0 Å². The van der Waals surface area contributed by atoms with Crippen molar-refractivity contribution in [3.8, 4) is 0 Å². The van der Waals surface area contributed by atoms with Gasteiger partial charge in [-0.25, -0.2) is 0 Å². The van der Waals surface area contributed by atoms with E-state index in [1.54, 1.807) is 0 Å². The first-order valence-electron chi connectivity index (χ1n) is 2.33. The Morgan fingerprint density at radius 1 is 1.17 bits per heavy atom. The van der Waals surface area contributed by atoms with Gasteiger partial charge in [0.15, 0.2) is 0 Å². The van der Waals surface area contributed by atoms with Crippen molar-refractivity contribution >= 4 is 0 Å². The summed E-state index contributed by atoms with van der Waals surface area (Å²) in [7, 11) is 0. The monoisotopic (exact) mass is 78.0 g/mol. The number of hydrogen-bond donors (Lipinski definition) is 0. The Bertz CT molecular complexity index is 92.2. The summed E-state index contributed by atoms with van der Waals surface area (Å²) in [5, 5.41) is 0. The van der Waals surface area contributed by atoms with E-state index in [0.717, 1.165) is 11.8 Å². The largest absolute Gasteiger partial charge is 0.0845 e. The molecule has 6 heavy (non-hydrogen) atoms. The van der Waals surface area contributed by atoms with Crippen LogP contribution in [0.2, 0.25) is 0 Å². The molecule has 2 aliphatic rings. The van der Waals surface area contributed by atoms with Crippen LogP contribution in [0.15, 0.2) is 12.2 Å². The van der Waals surface area contributed by atoms with E-state index in [9.17, 15) is 0 Å². The van der Waals surface area contributed by atoms with Crippen LogP contribution in [0.1, 0.15) is 0 Å². The number of hydrogen-bond acceptors (Lipinski definition) is 0. The van der Waals surface area contributed by atoms with Crippen LogP contribution in [-0.2, 0) is 0 Å². The van der Waals surface area contributed by atoms with Gasteiger partial charge in [-0.3, -0.25) is 0 Å². The molecule has 0 nitrogen and oxygen atoms in total. The summed E-state index contributed by atoms with van der Waals surface area (Å²) in [6, 6.07) is 0. The second-order valence-electron chi connectivity index (χ2n) is 1.92. The molecule has 0 N–H and O–H groups in total. The third-order valence-electron chi connectivity index (χ3n) is 1.41. The molecule has 0 heterocycles. The Morgan fingerprint density at radius 3 is 2.33 bits per heavy atom. The molecule has 0 aromatic rings. The van der Waals surface area contributed by atoms with Crippen LogP contribution in [0.25, 0.3) is 0 Å². The van der Waals surface area contributed by atoms with Gasteiger partial charge in [0.25, 0.3) is 0 Å². The Labute approximate surface area is 37.9 Å². The predicted octanol–water partition coefficient (Wildman–Crippen LogP) is 1.21. The highest BCUT2D eigenvalue weighted by Gasteiger charge is 2.37. The molecule has 0 aromatic heterocycles. The quantitative estimate of drug-likeness (QED) is 0.408. The standard InChI is InChI=1S/C6H6/c1-2-5-4-6(5)3-1/h1-6H. The second-order valence-corrected chi connectivity index (χ2v) is 1.92. The first kappa shape index (κ1) is 2.84. The lowest BCUT2D eigenvalue weighted by Crippen LogP contribution is -1.63. The topological polar surface area (TPSA) is 0 Å². The molecule has 2 atom stereocenters. The van der Waals surface area contributed by atoms with E-state index < -0.39 is 0 Å². The van der Waals surface area contributed by atoms with Crippen LogP contribution >= 0.6 is 0 Å². The number of rotatable bonds is 0. The van der Waals surface area contributed by atoms with Gasteiger partial charge >= 0.3 is 0 Å². The van der Waals surface area contributed by atoms with Crippen LogP contribution in [0.4, 0.5) is 0 Å². The number of fused-ring (bicyclic) bond motifs is 1. The van der Waals surface area contributed by atoms with Gasteiger partial charge in [0.2, 0.25) is 0 Å². The lowest BCUT2D eigenvalue weighted by molar-refractivity contribution is 1.00. The molecule has 1 fully saturated rings. The fourth-order valence-electron chi connectivity index (χ4n) is 0.898. The maximum Gasteiger partial charge on any atom is -0.0130 e. The summed E-state index contributed by atoms with van der Waals surface area (Å²) >= 11 is 0. The van der Waals surface area contributed by atoms with Crippen molar-refractivity contribution in [2.75, 3.05) is 0 Å². The molecule has 0 aromatic carbocycles. The van der Waals surface area contributed by atoms with Gasteiger partial charge in [-0.1, -0.05) is 12.2 Å². The van der Waals surface area contributed by atoms with E-state index in [1.807, 2.05) is 0 Å². The van der Waals surface area contributed by atoms with Gasteiger partial charge in [0.1, 0.15) is 0 Å².